The van der Waals surface area contributed by atoms with Crippen LogP contribution in [0.2, 0.25) is 10.2 Å². The van der Waals surface area contributed by atoms with Crippen LogP contribution in [0, 0.1) is 0 Å². The lowest BCUT2D eigenvalue weighted by Gasteiger charge is -1.87. The number of rotatable bonds is 0. The average Bonchev–Trinajstić information content (AvgIpc) is 1.97. The highest BCUT2D eigenvalue weighted by Crippen LogP contribution is 2.16. The van der Waals surface area contributed by atoms with E-state index in [-0.39, 0.29) is 5.75 Å². The highest BCUT2D eigenvalue weighted by atomic mass is 35.5. The van der Waals surface area contributed by atoms with Gasteiger partial charge in [-0.05, 0) is 23.7 Å². The Bertz CT molecular complexity index is 208. The van der Waals surface area contributed by atoms with Crippen LogP contribution >= 0.6 is 34.8 Å². The minimum atomic E-state index is 0.222. The number of pyridine rings is 1. The third-order valence-electron chi connectivity index (χ3n) is 0.714. The largest absolute Gasteiger partial charge is 0.285 e. The Morgan fingerprint density at radius 3 is 2.27 bits per heavy atom. The number of hydrogen-bond acceptors (Lipinski definition) is 2. The van der Waals surface area contributed by atoms with Crippen molar-refractivity contribution in [3.63, 3.8) is 0 Å². The Morgan fingerprint density at radius 2 is 2.00 bits per heavy atom. The quantitative estimate of drug-likeness (QED) is 0.376. The number of halogens is 3. The maximum atomic E-state index is 8.57. The molecule has 1 aromatic rings. The van der Waals surface area contributed by atoms with Gasteiger partial charge in [0.15, 0.2) is 0 Å². The summed E-state index contributed by atoms with van der Waals surface area (Å²) in [6, 6.07) is 3.42. The van der Waals surface area contributed by atoms with Crippen LogP contribution in [0.4, 0.5) is 0 Å². The van der Waals surface area contributed by atoms with Gasteiger partial charge in [0, 0.05) is 6.20 Å². The van der Waals surface area contributed by atoms with Crippen molar-refractivity contribution in [2.75, 3.05) is 0 Å². The topological polar surface area (TPSA) is 30.0 Å². The van der Waals surface area contributed by atoms with E-state index in [1.165, 1.54) is 0 Å². The second-order valence-corrected chi connectivity index (χ2v) is 2.31. The molecule has 0 saturated heterocycles. The summed E-state index contributed by atoms with van der Waals surface area (Å²) in [5.41, 5.74) is 0. The first-order valence-electron chi connectivity index (χ1n) is 2.52. The zero-order valence-corrected chi connectivity index (χ0v) is 7.57. The highest BCUT2D eigenvalue weighted by molar-refractivity contribution is 6.54. The molecule has 0 atom stereocenters. The van der Waals surface area contributed by atoms with Gasteiger partial charge < -0.3 is 0 Å². The maximum Gasteiger partial charge on any atom is 0.208 e. The average molecular weight is 212 g/mol. The SMILES string of the molecule is Clc1cccnc1Cl.O=CCl. The van der Waals surface area contributed by atoms with E-state index in [1.54, 1.807) is 18.3 Å². The number of nitrogens with zero attached hydrogens (tertiary/aromatic N) is 1. The highest BCUT2D eigenvalue weighted by Gasteiger charge is 1.91. The molecule has 0 N–H and O–H groups in total. The fourth-order valence-corrected chi connectivity index (χ4v) is 0.607. The standard InChI is InChI=1S/C5H3Cl2N.CHClO/c6-4-2-1-3-8-5(4)7;2-1-3/h1-3H;1H. The van der Waals surface area contributed by atoms with E-state index in [4.69, 9.17) is 28.0 Å². The summed E-state index contributed by atoms with van der Waals surface area (Å²) < 4.78 is 0. The summed E-state index contributed by atoms with van der Waals surface area (Å²) in [6.45, 7) is 0. The van der Waals surface area contributed by atoms with E-state index in [0.717, 1.165) is 0 Å². The number of hydrogen-bond donors (Lipinski definition) is 0. The van der Waals surface area contributed by atoms with Crippen LogP contribution < -0.4 is 0 Å². The van der Waals surface area contributed by atoms with Crippen molar-refractivity contribution in [2.24, 2.45) is 0 Å². The van der Waals surface area contributed by atoms with E-state index in [1.807, 2.05) is 0 Å². The summed E-state index contributed by atoms with van der Waals surface area (Å²) in [6.07, 6.45) is 1.59. The Hall–Kier alpha value is -0.310. The number of carbonyl (C=O) groups is 1. The van der Waals surface area contributed by atoms with Crippen LogP contribution in [0.3, 0.4) is 0 Å². The van der Waals surface area contributed by atoms with Crippen molar-refractivity contribution in [1.29, 1.82) is 0 Å². The second-order valence-electron chi connectivity index (χ2n) is 1.37. The lowest BCUT2D eigenvalue weighted by atomic mass is 10.5. The predicted molar refractivity (Wildman–Crippen MR) is 46.9 cm³/mol. The van der Waals surface area contributed by atoms with Crippen molar-refractivity contribution in [1.82, 2.24) is 4.98 Å². The van der Waals surface area contributed by atoms with Gasteiger partial charge in [-0.3, -0.25) is 4.79 Å². The van der Waals surface area contributed by atoms with Crippen molar-refractivity contribution < 1.29 is 4.79 Å². The minimum Gasteiger partial charge on any atom is -0.285 e. The molecule has 0 radical (unpaired) electrons. The van der Waals surface area contributed by atoms with Gasteiger partial charge in [-0.25, -0.2) is 4.98 Å². The molecule has 0 spiro atoms. The predicted octanol–water partition coefficient (Wildman–Crippen LogP) is 2.80. The summed E-state index contributed by atoms with van der Waals surface area (Å²) in [5, 5.41) is 0.850. The molecule has 0 aromatic carbocycles. The van der Waals surface area contributed by atoms with Gasteiger partial charge >= 0.3 is 0 Å². The van der Waals surface area contributed by atoms with Gasteiger partial charge in [-0.2, -0.15) is 0 Å². The van der Waals surface area contributed by atoms with E-state index in [2.05, 4.69) is 16.6 Å². The molecule has 0 unspecified atom stereocenters. The Morgan fingerprint density at radius 1 is 1.45 bits per heavy atom. The van der Waals surface area contributed by atoms with Gasteiger partial charge in [0.1, 0.15) is 5.15 Å². The van der Waals surface area contributed by atoms with Crippen LogP contribution in [-0.4, -0.2) is 10.7 Å². The van der Waals surface area contributed by atoms with Crippen molar-refractivity contribution in [3.8, 4) is 0 Å². The number of carbonyl (C=O) groups excluding carboxylic acids is 1. The molecule has 0 amide bonds. The van der Waals surface area contributed by atoms with Crippen molar-refractivity contribution in [2.45, 2.75) is 0 Å². The first-order chi connectivity index (χ1) is 5.22. The molecule has 1 heterocycles. The van der Waals surface area contributed by atoms with E-state index >= 15 is 0 Å². The molecule has 1 aromatic heterocycles. The molecular formula is C6H4Cl3NO. The Balaban J connectivity index is 0.000000292. The third kappa shape index (κ3) is 5.01. The molecule has 0 aliphatic carbocycles. The molecule has 11 heavy (non-hydrogen) atoms. The van der Waals surface area contributed by atoms with Crippen LogP contribution in [0.25, 0.3) is 0 Å². The molecule has 0 saturated carbocycles. The Labute approximate surface area is 79.1 Å². The minimum absolute atomic E-state index is 0.222. The molecule has 0 fully saturated rings. The molecule has 0 aliphatic heterocycles. The molecule has 5 heteroatoms. The molecule has 0 aliphatic rings. The van der Waals surface area contributed by atoms with E-state index in [9.17, 15) is 0 Å². The summed E-state index contributed by atoms with van der Waals surface area (Å²) >= 11 is 15.3. The summed E-state index contributed by atoms with van der Waals surface area (Å²) in [7, 11) is 0. The normalized spacial score (nSPS) is 7.91. The first-order valence-corrected chi connectivity index (χ1v) is 3.71. The molecule has 1 rings (SSSR count). The van der Waals surface area contributed by atoms with Gasteiger partial charge in [-0.15, -0.1) is 0 Å². The smallest absolute Gasteiger partial charge is 0.208 e. The fourth-order valence-electron chi connectivity index (χ4n) is 0.366. The van der Waals surface area contributed by atoms with E-state index < -0.39 is 0 Å². The Kier molecular flexibility index (Phi) is 6.22. The van der Waals surface area contributed by atoms with Crippen molar-refractivity contribution in [3.05, 3.63) is 28.5 Å². The van der Waals surface area contributed by atoms with Gasteiger partial charge in [0.05, 0.1) is 5.02 Å². The van der Waals surface area contributed by atoms with Gasteiger partial charge in [0.25, 0.3) is 0 Å². The van der Waals surface area contributed by atoms with Gasteiger partial charge in [0.2, 0.25) is 5.75 Å². The van der Waals surface area contributed by atoms with Gasteiger partial charge in [-0.1, -0.05) is 23.2 Å². The molecule has 2 nitrogen and oxygen atoms in total. The third-order valence-corrected chi connectivity index (χ3v) is 1.42. The fraction of sp³-hybridized carbons (Fsp3) is 0. The van der Waals surface area contributed by atoms with Crippen molar-refractivity contribution >= 4 is 40.5 Å². The number of aromatic nitrogens is 1. The summed E-state index contributed by atoms with van der Waals surface area (Å²) in [5.74, 6) is 0.222. The first kappa shape index (κ1) is 10.7. The van der Waals surface area contributed by atoms with Crippen LogP contribution in [0.5, 0.6) is 0 Å². The maximum absolute atomic E-state index is 8.57. The summed E-state index contributed by atoms with van der Waals surface area (Å²) in [4.78, 5) is 12.3. The van der Waals surface area contributed by atoms with Crippen LogP contribution in [0.1, 0.15) is 0 Å². The molecular weight excluding hydrogens is 208 g/mol. The monoisotopic (exact) mass is 211 g/mol. The second kappa shape index (κ2) is 6.40. The zero-order valence-electron chi connectivity index (χ0n) is 5.30. The van der Waals surface area contributed by atoms with E-state index in [0.29, 0.717) is 10.2 Å². The van der Waals surface area contributed by atoms with Crippen LogP contribution in [-0.2, 0) is 4.79 Å². The zero-order chi connectivity index (χ0) is 8.69. The lowest BCUT2D eigenvalue weighted by Crippen LogP contribution is -1.70. The molecule has 0 bridgehead atoms. The van der Waals surface area contributed by atoms with Crippen LogP contribution in [0.15, 0.2) is 18.3 Å². The lowest BCUT2D eigenvalue weighted by molar-refractivity contribution is 0.569. The molecule has 60 valence electrons.